The highest BCUT2D eigenvalue weighted by Crippen LogP contribution is 2.51. The fraction of sp³-hybridized carbons (Fsp3) is 0.371. The van der Waals surface area contributed by atoms with Gasteiger partial charge in [0.1, 0.15) is 18.1 Å². The summed E-state index contributed by atoms with van der Waals surface area (Å²) in [7, 11) is -1.08. The van der Waals surface area contributed by atoms with Crippen LogP contribution in [0.2, 0.25) is 6.32 Å². The number of nitrogens with one attached hydrogen (secondary N) is 1. The van der Waals surface area contributed by atoms with Crippen LogP contribution in [-0.2, 0) is 20.9 Å². The first-order valence-corrected chi connectivity index (χ1v) is 15.7. The summed E-state index contributed by atoms with van der Waals surface area (Å²) in [4.78, 5) is 29.1. The van der Waals surface area contributed by atoms with Gasteiger partial charge >= 0.3 is 7.12 Å². The molecule has 0 radical (unpaired) electrons. The molecule has 0 bridgehead atoms. The van der Waals surface area contributed by atoms with Gasteiger partial charge in [0.2, 0.25) is 11.8 Å². The molecule has 2 aliphatic heterocycles. The Kier molecular flexibility index (Phi) is 9.37. The smallest absolute Gasteiger partial charge is 0.455 e. The number of hydrogen-bond acceptors (Lipinski definition) is 8. The van der Waals surface area contributed by atoms with E-state index in [2.05, 4.69) is 12.2 Å². The summed E-state index contributed by atoms with van der Waals surface area (Å²) in [6.45, 7) is 1.70. The van der Waals surface area contributed by atoms with Crippen molar-refractivity contribution >= 4 is 42.1 Å². The standard InChI is InChI=1S/C35H39BN2O7/c1-2-6-22(17-27-14-15-28(21-40)44-27)9-16-31-32-23(20-39)18-29-33(30(32)19-36(43)45-31)35(42)38(34(29)41)26-12-10-25(11-13-26)37-24-7-4-3-5-8-24/h3-5,7-8,10-15,17,29-31,33,37,39-40,43H,2,6,9,16,18-21H2,1H3/b22-17+/t29-,30+,31-,33-/m1/s1. The number of aliphatic hydroxyl groups is 2. The number of benzene rings is 2. The first-order valence-electron chi connectivity index (χ1n) is 15.7. The van der Waals surface area contributed by atoms with E-state index in [-0.39, 0.29) is 37.8 Å². The summed E-state index contributed by atoms with van der Waals surface area (Å²) in [6.07, 6.45) is 4.94. The molecule has 4 atom stereocenters. The highest BCUT2D eigenvalue weighted by Gasteiger charge is 2.57. The Morgan fingerprint density at radius 1 is 0.956 bits per heavy atom. The number of fused-ring (bicyclic) bond motifs is 3. The number of amides is 2. The van der Waals surface area contributed by atoms with E-state index in [9.17, 15) is 24.8 Å². The van der Waals surface area contributed by atoms with E-state index in [0.29, 0.717) is 30.0 Å². The van der Waals surface area contributed by atoms with E-state index in [1.54, 1.807) is 18.2 Å². The third-order valence-corrected chi connectivity index (χ3v) is 9.17. The second kappa shape index (κ2) is 13.6. The summed E-state index contributed by atoms with van der Waals surface area (Å²) >= 11 is 0. The van der Waals surface area contributed by atoms with Crippen LogP contribution in [-0.4, -0.2) is 46.9 Å². The van der Waals surface area contributed by atoms with Gasteiger partial charge in [0.05, 0.1) is 30.2 Å². The number of hydrogen-bond donors (Lipinski definition) is 4. The van der Waals surface area contributed by atoms with Crippen molar-refractivity contribution in [2.24, 2.45) is 17.8 Å². The largest absolute Gasteiger partial charge is 0.459 e. The van der Waals surface area contributed by atoms with Crippen molar-refractivity contribution in [1.29, 1.82) is 0 Å². The van der Waals surface area contributed by atoms with E-state index in [4.69, 9.17) is 9.07 Å². The Bertz CT molecular complexity index is 1580. The third-order valence-electron chi connectivity index (χ3n) is 9.17. The predicted molar refractivity (Wildman–Crippen MR) is 172 cm³/mol. The first kappa shape index (κ1) is 31.0. The molecular weight excluding hydrogens is 571 g/mol. The molecule has 0 spiro atoms. The van der Waals surface area contributed by atoms with Gasteiger partial charge in [0.25, 0.3) is 0 Å². The van der Waals surface area contributed by atoms with E-state index in [0.717, 1.165) is 40.9 Å². The molecule has 0 unspecified atom stereocenters. The number of carbonyl (C=O) groups is 2. The zero-order chi connectivity index (χ0) is 31.5. The van der Waals surface area contributed by atoms with Gasteiger partial charge in [-0.05, 0) is 104 Å². The first-order chi connectivity index (χ1) is 21.9. The Balaban J connectivity index is 1.22. The van der Waals surface area contributed by atoms with Crippen molar-refractivity contribution < 1.29 is 33.9 Å². The number of nitrogens with zero attached hydrogens (tertiary/aromatic N) is 1. The number of aliphatic hydroxyl groups excluding tert-OH is 2. The van der Waals surface area contributed by atoms with Crippen molar-refractivity contribution in [3.05, 3.63) is 95.0 Å². The molecule has 1 aromatic heterocycles. The maximum absolute atomic E-state index is 14.0. The average molecular weight is 611 g/mol. The van der Waals surface area contributed by atoms with Crippen LogP contribution >= 0.6 is 0 Å². The average Bonchev–Trinajstić information content (AvgIpc) is 3.61. The maximum atomic E-state index is 14.0. The molecule has 234 valence electrons. The van der Waals surface area contributed by atoms with Gasteiger partial charge in [0.15, 0.2) is 0 Å². The lowest BCUT2D eigenvalue weighted by Gasteiger charge is -2.43. The third kappa shape index (κ3) is 6.42. The number of imide groups is 1. The highest BCUT2D eigenvalue weighted by atomic mass is 16.5. The van der Waals surface area contributed by atoms with Crippen LogP contribution in [0, 0.1) is 17.8 Å². The molecule has 6 rings (SSSR count). The predicted octanol–water partition coefficient (Wildman–Crippen LogP) is 5.47. The topological polar surface area (TPSA) is 132 Å². The zero-order valence-electron chi connectivity index (χ0n) is 25.4. The molecule has 9 nitrogen and oxygen atoms in total. The molecule has 10 heteroatoms. The van der Waals surface area contributed by atoms with Crippen LogP contribution in [0.15, 0.2) is 87.9 Å². The van der Waals surface area contributed by atoms with Gasteiger partial charge in [0, 0.05) is 11.4 Å². The van der Waals surface area contributed by atoms with Crippen molar-refractivity contribution in [3.8, 4) is 0 Å². The summed E-state index contributed by atoms with van der Waals surface area (Å²) in [5.74, 6) is -1.02. The normalized spacial score (nSPS) is 23.4. The van der Waals surface area contributed by atoms with Crippen molar-refractivity contribution in [2.45, 2.75) is 58.1 Å². The second-order valence-corrected chi connectivity index (χ2v) is 12.1. The summed E-state index contributed by atoms with van der Waals surface area (Å²) < 4.78 is 11.7. The number of anilines is 3. The van der Waals surface area contributed by atoms with E-state index >= 15 is 0 Å². The van der Waals surface area contributed by atoms with Crippen LogP contribution in [0.4, 0.5) is 17.1 Å². The molecule has 3 aliphatic rings. The minimum atomic E-state index is -1.08. The van der Waals surface area contributed by atoms with E-state index < -0.39 is 31.0 Å². The lowest BCUT2D eigenvalue weighted by Crippen LogP contribution is -2.46. The van der Waals surface area contributed by atoms with Gasteiger partial charge in [-0.2, -0.15) is 0 Å². The van der Waals surface area contributed by atoms with Gasteiger partial charge in [-0.1, -0.05) is 37.1 Å². The van der Waals surface area contributed by atoms with Crippen LogP contribution in [0.3, 0.4) is 0 Å². The monoisotopic (exact) mass is 610 g/mol. The molecular formula is C35H39BN2O7. The minimum absolute atomic E-state index is 0.165. The van der Waals surface area contributed by atoms with Gasteiger partial charge in [-0.25, -0.2) is 0 Å². The summed E-state index contributed by atoms with van der Waals surface area (Å²) in [5, 5.41) is 34.0. The lowest BCUT2D eigenvalue weighted by molar-refractivity contribution is -0.122. The number of para-hydroxylation sites is 1. The van der Waals surface area contributed by atoms with Crippen LogP contribution in [0.1, 0.15) is 50.5 Å². The molecule has 0 saturated carbocycles. The molecule has 3 aromatic rings. The molecule has 2 aromatic carbocycles. The van der Waals surface area contributed by atoms with Crippen LogP contribution in [0.5, 0.6) is 0 Å². The number of carbonyl (C=O) groups excluding carboxylic acids is 2. The molecule has 4 N–H and O–H groups in total. The molecule has 2 amide bonds. The van der Waals surface area contributed by atoms with Crippen molar-refractivity contribution in [2.75, 3.05) is 16.8 Å². The second-order valence-electron chi connectivity index (χ2n) is 12.1. The number of furan rings is 1. The highest BCUT2D eigenvalue weighted by molar-refractivity contribution is 6.43. The molecule has 45 heavy (non-hydrogen) atoms. The fourth-order valence-electron chi connectivity index (χ4n) is 7.21. The van der Waals surface area contributed by atoms with Gasteiger partial charge in [-0.3, -0.25) is 14.5 Å². The van der Waals surface area contributed by atoms with Crippen molar-refractivity contribution in [3.63, 3.8) is 0 Å². The Morgan fingerprint density at radius 2 is 1.71 bits per heavy atom. The lowest BCUT2D eigenvalue weighted by atomic mass is 9.58. The quantitative estimate of drug-likeness (QED) is 0.128. The molecule has 3 heterocycles. The zero-order valence-corrected chi connectivity index (χ0v) is 25.4. The van der Waals surface area contributed by atoms with Crippen LogP contribution in [0.25, 0.3) is 6.08 Å². The summed E-state index contributed by atoms with van der Waals surface area (Å²) in [5.41, 5.74) is 4.99. The molecule has 1 aliphatic carbocycles. The minimum Gasteiger partial charge on any atom is -0.459 e. The fourth-order valence-corrected chi connectivity index (χ4v) is 7.21. The van der Waals surface area contributed by atoms with Gasteiger partial charge in [-0.15, -0.1) is 0 Å². The van der Waals surface area contributed by atoms with Crippen molar-refractivity contribution in [1.82, 2.24) is 0 Å². The number of allylic oxidation sites excluding steroid dienone is 1. The Labute approximate surface area is 263 Å². The Morgan fingerprint density at radius 3 is 2.40 bits per heavy atom. The SMILES string of the molecule is CCC/C(=C\c1ccc(CO)o1)CC[C@H]1OB(O)C[C@H]2C1=C(CO)C[C@H]1C(=O)N(c3ccc(Nc4ccccc4)cc3)C(=O)[C@H]12. The van der Waals surface area contributed by atoms with E-state index in [1.165, 1.54) is 4.90 Å². The van der Waals surface area contributed by atoms with E-state index in [1.807, 2.05) is 54.6 Å². The summed E-state index contributed by atoms with van der Waals surface area (Å²) in [6, 6.07) is 20.5. The van der Waals surface area contributed by atoms with Crippen LogP contribution < -0.4 is 10.2 Å². The number of rotatable bonds is 11. The molecule has 2 saturated heterocycles. The molecule has 2 fully saturated rings. The Hall–Kier alpha value is -3.96. The maximum Gasteiger partial charge on any atom is 0.455 e. The van der Waals surface area contributed by atoms with Gasteiger partial charge < -0.3 is 29.6 Å².